The van der Waals surface area contributed by atoms with Crippen molar-refractivity contribution >= 4 is 66.2 Å². The van der Waals surface area contributed by atoms with E-state index in [1.54, 1.807) is 0 Å². The lowest BCUT2D eigenvalue weighted by atomic mass is 9.69. The fraction of sp³-hybridized carbons (Fsp3) is 0.125. The van der Waals surface area contributed by atoms with Gasteiger partial charge in [0.2, 0.25) is 0 Å². The number of para-hydroxylation sites is 2. The van der Waals surface area contributed by atoms with Crippen molar-refractivity contribution in [1.82, 2.24) is 0 Å². The van der Waals surface area contributed by atoms with Crippen LogP contribution in [0.3, 0.4) is 0 Å². The zero-order valence-electron chi connectivity index (χ0n) is 29.3. The summed E-state index contributed by atoms with van der Waals surface area (Å²) in [6.45, 7) is 6.95. The van der Waals surface area contributed by atoms with E-state index in [0.29, 0.717) is 5.84 Å². The van der Waals surface area contributed by atoms with Crippen molar-refractivity contribution in [2.45, 2.75) is 26.8 Å². The number of furan rings is 2. The summed E-state index contributed by atoms with van der Waals surface area (Å²) >= 11 is 0. The minimum atomic E-state index is -0.305. The molecule has 250 valence electrons. The van der Waals surface area contributed by atoms with Crippen molar-refractivity contribution in [2.24, 2.45) is 21.3 Å². The Kier molecular flexibility index (Phi) is 6.84. The lowest BCUT2D eigenvalue weighted by molar-refractivity contribution is 0.236. The quantitative estimate of drug-likeness (QED) is 0.187. The van der Waals surface area contributed by atoms with E-state index in [1.165, 1.54) is 21.9 Å². The molecule has 0 saturated heterocycles. The van der Waals surface area contributed by atoms with E-state index < -0.39 is 0 Å². The molecule has 1 aliphatic heterocycles. The standard InChI is InChI=1S/C48H36N2O2/c1-29-45(35-25-26-37-36-13-6-8-16-40(36)52-43(37)28-35)49-47(39-15-10-18-42-44(39)38-14-7-9-17-41(38)51-42)50-46(48(29,2)3)32-22-19-31(20-23-32)34-24-21-30-11-4-5-12-33(30)27-34/h4-29,46H,1-3H3/t29-,46?/m1/s1. The molecule has 2 aromatic heterocycles. The predicted molar refractivity (Wildman–Crippen MR) is 216 cm³/mol. The summed E-state index contributed by atoms with van der Waals surface area (Å²) in [5, 5.41) is 6.80. The molecule has 3 heterocycles. The number of nitrogens with zero attached hydrogens (tertiary/aromatic N) is 2. The monoisotopic (exact) mass is 672 g/mol. The van der Waals surface area contributed by atoms with Crippen LogP contribution in [0.25, 0.3) is 65.8 Å². The van der Waals surface area contributed by atoms with Gasteiger partial charge in [-0.3, -0.25) is 4.99 Å². The summed E-state index contributed by atoms with van der Waals surface area (Å²) < 4.78 is 12.7. The molecule has 1 unspecified atom stereocenters. The SMILES string of the molecule is C[C@@H]1C(c2ccc3c(c2)oc2ccccc23)=NC(c2cccc3oc4ccccc4c23)=NC(c2ccc(-c3ccc4ccccc4c3)cc2)C1(C)C. The van der Waals surface area contributed by atoms with Gasteiger partial charge in [-0.15, -0.1) is 0 Å². The molecule has 1 aliphatic rings. The Morgan fingerprint density at radius 3 is 1.98 bits per heavy atom. The summed E-state index contributed by atoms with van der Waals surface area (Å²) in [5.41, 5.74) is 9.67. The number of benzene rings is 7. The first-order valence-corrected chi connectivity index (χ1v) is 18.0. The Balaban J connectivity index is 1.15. The second-order valence-electron chi connectivity index (χ2n) is 14.7. The molecule has 0 spiro atoms. The maximum absolute atomic E-state index is 6.37. The van der Waals surface area contributed by atoms with Gasteiger partial charge in [-0.25, -0.2) is 4.99 Å². The Labute approximate surface area is 301 Å². The van der Waals surface area contributed by atoms with Crippen LogP contribution in [0, 0.1) is 11.3 Å². The maximum atomic E-state index is 6.37. The van der Waals surface area contributed by atoms with E-state index >= 15 is 0 Å². The normalized spacial score (nSPS) is 17.5. The minimum absolute atomic E-state index is 0.0426. The van der Waals surface area contributed by atoms with Crippen LogP contribution in [0.15, 0.2) is 170 Å². The Morgan fingerprint density at radius 2 is 1.15 bits per heavy atom. The number of hydrogen-bond acceptors (Lipinski definition) is 4. The van der Waals surface area contributed by atoms with E-state index in [1.807, 2.05) is 36.4 Å². The van der Waals surface area contributed by atoms with Crippen LogP contribution < -0.4 is 0 Å². The topological polar surface area (TPSA) is 51.0 Å². The van der Waals surface area contributed by atoms with Gasteiger partial charge < -0.3 is 8.83 Å². The van der Waals surface area contributed by atoms with Gasteiger partial charge in [0.1, 0.15) is 22.3 Å². The number of aliphatic imine (C=N–C) groups is 2. The zero-order valence-corrected chi connectivity index (χ0v) is 29.3. The van der Waals surface area contributed by atoms with Crippen molar-refractivity contribution in [1.29, 1.82) is 0 Å². The van der Waals surface area contributed by atoms with Gasteiger partial charge in [-0.2, -0.15) is 0 Å². The van der Waals surface area contributed by atoms with Crippen LogP contribution in [0.1, 0.15) is 43.5 Å². The third kappa shape index (κ3) is 4.82. The van der Waals surface area contributed by atoms with Crippen LogP contribution in [-0.4, -0.2) is 11.5 Å². The molecule has 10 rings (SSSR count). The highest BCUT2D eigenvalue weighted by Crippen LogP contribution is 2.47. The molecule has 0 fully saturated rings. The van der Waals surface area contributed by atoms with Crippen LogP contribution in [0.4, 0.5) is 0 Å². The van der Waals surface area contributed by atoms with Crippen molar-refractivity contribution in [3.05, 3.63) is 168 Å². The van der Waals surface area contributed by atoms with Crippen molar-refractivity contribution in [3.63, 3.8) is 0 Å². The average Bonchev–Trinajstić information content (AvgIpc) is 3.73. The minimum Gasteiger partial charge on any atom is -0.456 e. The molecule has 0 saturated carbocycles. The number of fused-ring (bicyclic) bond motifs is 7. The van der Waals surface area contributed by atoms with Crippen LogP contribution >= 0.6 is 0 Å². The van der Waals surface area contributed by atoms with Gasteiger partial charge >= 0.3 is 0 Å². The summed E-state index contributed by atoms with van der Waals surface area (Å²) in [6.07, 6.45) is 0. The molecule has 0 bridgehead atoms. The molecule has 52 heavy (non-hydrogen) atoms. The van der Waals surface area contributed by atoms with Crippen molar-refractivity contribution in [3.8, 4) is 11.1 Å². The molecule has 0 N–H and O–H groups in total. The first-order valence-electron chi connectivity index (χ1n) is 18.0. The largest absolute Gasteiger partial charge is 0.456 e. The fourth-order valence-corrected chi connectivity index (χ4v) is 8.14. The summed E-state index contributed by atoms with van der Waals surface area (Å²) in [5.74, 6) is 0.749. The smallest absolute Gasteiger partial charge is 0.156 e. The highest BCUT2D eigenvalue weighted by molar-refractivity contribution is 6.22. The molecule has 7 aromatic carbocycles. The number of hydrogen-bond donors (Lipinski definition) is 0. The lowest BCUT2D eigenvalue weighted by Gasteiger charge is -2.37. The maximum Gasteiger partial charge on any atom is 0.156 e. The van der Waals surface area contributed by atoms with E-state index in [-0.39, 0.29) is 17.4 Å². The highest BCUT2D eigenvalue weighted by atomic mass is 16.3. The van der Waals surface area contributed by atoms with Gasteiger partial charge in [0.15, 0.2) is 5.84 Å². The average molecular weight is 673 g/mol. The van der Waals surface area contributed by atoms with E-state index in [4.69, 9.17) is 18.8 Å². The Morgan fingerprint density at radius 1 is 0.519 bits per heavy atom. The Hall–Kier alpha value is -6.26. The predicted octanol–water partition coefficient (Wildman–Crippen LogP) is 13.0. The van der Waals surface area contributed by atoms with Crippen molar-refractivity contribution < 1.29 is 8.83 Å². The summed E-state index contributed by atoms with van der Waals surface area (Å²) in [6, 6.07) is 53.2. The van der Waals surface area contributed by atoms with E-state index in [2.05, 4.69) is 136 Å². The second-order valence-corrected chi connectivity index (χ2v) is 14.7. The molecule has 4 heteroatoms. The number of rotatable bonds is 4. The van der Waals surface area contributed by atoms with Crippen molar-refractivity contribution in [2.75, 3.05) is 0 Å². The van der Waals surface area contributed by atoms with Crippen LogP contribution in [0.5, 0.6) is 0 Å². The molecule has 0 amide bonds. The molecule has 2 atom stereocenters. The third-order valence-electron chi connectivity index (χ3n) is 11.3. The molecule has 9 aromatic rings. The first-order chi connectivity index (χ1) is 25.4. The van der Waals surface area contributed by atoms with Gasteiger partial charge in [0, 0.05) is 38.6 Å². The van der Waals surface area contributed by atoms with E-state index in [9.17, 15) is 0 Å². The lowest BCUT2D eigenvalue weighted by Crippen LogP contribution is -2.33. The molecular weight excluding hydrogens is 637 g/mol. The fourth-order valence-electron chi connectivity index (χ4n) is 8.14. The molecule has 0 aliphatic carbocycles. The highest BCUT2D eigenvalue weighted by Gasteiger charge is 2.41. The third-order valence-corrected chi connectivity index (χ3v) is 11.3. The molecule has 4 nitrogen and oxygen atoms in total. The number of amidine groups is 1. The second kappa shape index (κ2) is 11.6. The zero-order chi connectivity index (χ0) is 35.0. The van der Waals surface area contributed by atoms with Gasteiger partial charge in [0.25, 0.3) is 0 Å². The van der Waals surface area contributed by atoms with Gasteiger partial charge in [-0.05, 0) is 69.3 Å². The Bertz CT molecular complexity index is 2900. The summed E-state index contributed by atoms with van der Waals surface area (Å²) in [4.78, 5) is 11.2. The van der Waals surface area contributed by atoms with Crippen LogP contribution in [0.2, 0.25) is 0 Å². The first kappa shape index (κ1) is 30.6. The van der Waals surface area contributed by atoms with Gasteiger partial charge in [0.05, 0.1) is 11.8 Å². The summed E-state index contributed by atoms with van der Waals surface area (Å²) in [7, 11) is 0. The molecular formula is C48H36N2O2. The van der Waals surface area contributed by atoms with Crippen LogP contribution in [-0.2, 0) is 0 Å². The van der Waals surface area contributed by atoms with Gasteiger partial charge in [-0.1, -0.05) is 136 Å². The van der Waals surface area contributed by atoms with E-state index in [0.717, 1.165) is 66.3 Å². The molecule has 0 radical (unpaired) electrons.